The summed E-state index contributed by atoms with van der Waals surface area (Å²) in [5.74, 6) is -0.237. The van der Waals surface area contributed by atoms with E-state index in [1.165, 1.54) is 6.07 Å². The third-order valence-corrected chi connectivity index (χ3v) is 7.47. The Balaban J connectivity index is 1.38. The van der Waals surface area contributed by atoms with Gasteiger partial charge in [-0.15, -0.1) is 0 Å². The van der Waals surface area contributed by atoms with E-state index in [0.29, 0.717) is 16.9 Å². The lowest BCUT2D eigenvalue weighted by atomic mass is 9.91. The molecule has 34 heavy (non-hydrogen) atoms. The maximum Gasteiger partial charge on any atom is 0.416 e. The van der Waals surface area contributed by atoms with Gasteiger partial charge in [0.05, 0.1) is 12.0 Å². The lowest BCUT2D eigenvalue weighted by molar-refractivity contribution is -0.139. The fraction of sp³-hybridized carbons (Fsp3) is 0.444. The van der Waals surface area contributed by atoms with Gasteiger partial charge in [0.2, 0.25) is 0 Å². The monoisotopic (exact) mass is 471 g/mol. The summed E-state index contributed by atoms with van der Waals surface area (Å²) in [6, 6.07) is 10.3. The summed E-state index contributed by atoms with van der Waals surface area (Å²) in [5, 5.41) is 10.2. The van der Waals surface area contributed by atoms with Gasteiger partial charge in [-0.25, -0.2) is 0 Å². The zero-order chi connectivity index (χ0) is 24.0. The van der Waals surface area contributed by atoms with Crippen molar-refractivity contribution in [1.29, 1.82) is 0 Å². The molecule has 5 rings (SSSR count). The Bertz CT molecular complexity index is 1240. The zero-order valence-electron chi connectivity index (χ0n) is 19.1. The van der Waals surface area contributed by atoms with Crippen molar-refractivity contribution < 1.29 is 27.8 Å². The van der Waals surface area contributed by atoms with Crippen LogP contribution in [-0.2, 0) is 24.1 Å². The van der Waals surface area contributed by atoms with Crippen LogP contribution in [0.15, 0.2) is 36.4 Å². The second kappa shape index (κ2) is 8.67. The van der Waals surface area contributed by atoms with Crippen molar-refractivity contribution in [2.75, 3.05) is 0 Å². The predicted molar refractivity (Wildman–Crippen MR) is 123 cm³/mol. The van der Waals surface area contributed by atoms with Gasteiger partial charge in [-0.05, 0) is 73.1 Å². The van der Waals surface area contributed by atoms with E-state index >= 15 is 0 Å². The van der Waals surface area contributed by atoms with Crippen LogP contribution in [0.3, 0.4) is 0 Å². The minimum absolute atomic E-state index is 0.00607. The summed E-state index contributed by atoms with van der Waals surface area (Å²) >= 11 is 0. The fourth-order valence-corrected chi connectivity index (χ4v) is 5.91. The van der Waals surface area contributed by atoms with Crippen LogP contribution in [0, 0.1) is 6.92 Å². The largest absolute Gasteiger partial charge is 0.489 e. The van der Waals surface area contributed by atoms with Gasteiger partial charge in [0.1, 0.15) is 12.4 Å². The highest BCUT2D eigenvalue weighted by atomic mass is 19.4. The van der Waals surface area contributed by atoms with Gasteiger partial charge in [-0.3, -0.25) is 4.79 Å². The molecule has 1 aliphatic heterocycles. The van der Waals surface area contributed by atoms with E-state index in [9.17, 15) is 23.1 Å². The molecule has 2 heterocycles. The van der Waals surface area contributed by atoms with Gasteiger partial charge in [0.15, 0.2) is 0 Å². The van der Waals surface area contributed by atoms with E-state index in [1.54, 1.807) is 12.1 Å². The van der Waals surface area contributed by atoms with E-state index in [-0.39, 0.29) is 24.9 Å². The number of alkyl halides is 3. The van der Waals surface area contributed by atoms with Crippen molar-refractivity contribution in [2.24, 2.45) is 0 Å². The van der Waals surface area contributed by atoms with Crippen LogP contribution in [0.4, 0.5) is 13.2 Å². The van der Waals surface area contributed by atoms with Crippen LogP contribution in [0.25, 0.3) is 10.9 Å². The lowest BCUT2D eigenvalue weighted by Gasteiger charge is -2.19. The first-order valence-electron chi connectivity index (χ1n) is 11.9. The molecule has 4 nitrogen and oxygen atoms in total. The van der Waals surface area contributed by atoms with E-state index < -0.39 is 17.7 Å². The number of aryl methyl sites for hydroxylation is 2. The lowest BCUT2D eigenvalue weighted by Crippen LogP contribution is -2.12. The van der Waals surface area contributed by atoms with Gasteiger partial charge in [-0.1, -0.05) is 25.0 Å². The molecule has 0 unspecified atom stereocenters. The summed E-state index contributed by atoms with van der Waals surface area (Å²) in [6.45, 7) is 2.83. The molecule has 0 saturated heterocycles. The van der Waals surface area contributed by atoms with E-state index in [2.05, 4.69) is 4.57 Å². The van der Waals surface area contributed by atoms with Gasteiger partial charge in [-0.2, -0.15) is 13.2 Å². The van der Waals surface area contributed by atoms with E-state index in [4.69, 9.17) is 4.74 Å². The molecule has 3 aromatic rings. The number of carboxylic acid groups (broad SMARTS) is 1. The number of nitrogens with zero attached hydrogens (tertiary/aromatic N) is 1. The number of rotatable bonds is 6. The summed E-state index contributed by atoms with van der Waals surface area (Å²) in [5.41, 5.74) is 3.50. The number of aromatic nitrogens is 1. The molecular formula is C27H28F3NO3. The van der Waals surface area contributed by atoms with Crippen LogP contribution in [-0.4, -0.2) is 15.6 Å². The van der Waals surface area contributed by atoms with E-state index in [0.717, 1.165) is 60.8 Å². The maximum atomic E-state index is 13.8. The normalized spacial score (nSPS) is 18.5. The van der Waals surface area contributed by atoms with Gasteiger partial charge >= 0.3 is 12.1 Å². The molecule has 2 aromatic carbocycles. The molecule has 2 aliphatic rings. The third kappa shape index (κ3) is 4.17. The molecule has 0 spiro atoms. The molecule has 1 atom stereocenters. The van der Waals surface area contributed by atoms with Gasteiger partial charge in [0, 0.05) is 29.1 Å². The summed E-state index contributed by atoms with van der Waals surface area (Å²) in [6.07, 6.45) is 0.127. The highest BCUT2D eigenvalue weighted by molar-refractivity contribution is 5.87. The second-order valence-corrected chi connectivity index (χ2v) is 9.61. The smallest absolute Gasteiger partial charge is 0.416 e. The Hall–Kier alpha value is -2.96. The molecule has 1 N–H and O–H groups in total. The summed E-state index contributed by atoms with van der Waals surface area (Å²) < 4.78 is 49.4. The van der Waals surface area contributed by atoms with Crippen LogP contribution in [0.5, 0.6) is 5.75 Å². The van der Waals surface area contributed by atoms with Crippen molar-refractivity contribution >= 4 is 16.9 Å². The van der Waals surface area contributed by atoms with Crippen LogP contribution < -0.4 is 4.74 Å². The Morgan fingerprint density at radius 1 is 1.12 bits per heavy atom. The molecule has 1 aliphatic carbocycles. The average Bonchev–Trinajstić information content (AvgIpc) is 3.51. The maximum absolute atomic E-state index is 13.8. The number of halogens is 3. The van der Waals surface area contributed by atoms with Crippen LogP contribution in [0.1, 0.15) is 78.3 Å². The molecule has 180 valence electrons. The highest BCUT2D eigenvalue weighted by Gasteiger charge is 2.36. The Morgan fingerprint density at radius 3 is 2.59 bits per heavy atom. The average molecular weight is 472 g/mol. The number of carbonyl (C=O) groups is 1. The highest BCUT2D eigenvalue weighted by Crippen LogP contribution is 2.43. The number of fused-ring (bicyclic) bond motifs is 3. The third-order valence-electron chi connectivity index (χ3n) is 7.47. The predicted octanol–water partition coefficient (Wildman–Crippen LogP) is 7.17. The van der Waals surface area contributed by atoms with E-state index in [1.807, 2.05) is 25.1 Å². The number of hydrogen-bond acceptors (Lipinski definition) is 2. The molecule has 7 heteroatoms. The molecule has 1 saturated carbocycles. The number of ether oxygens (including phenoxy) is 1. The first kappa shape index (κ1) is 22.8. The Labute approximate surface area is 196 Å². The number of aliphatic carboxylic acids is 1. The summed E-state index contributed by atoms with van der Waals surface area (Å²) in [7, 11) is 0. The number of hydrogen-bond donors (Lipinski definition) is 1. The Morgan fingerprint density at radius 2 is 1.88 bits per heavy atom. The fourth-order valence-electron chi connectivity index (χ4n) is 5.91. The van der Waals surface area contributed by atoms with Crippen molar-refractivity contribution in [3.05, 3.63) is 64.3 Å². The SMILES string of the molecule is Cc1c2n(c3ccc(OCc4ccc(C5CCCC5)c(C(F)(F)F)c4)cc13)CC[C@@H]2CC(=O)O. The molecular weight excluding hydrogens is 443 g/mol. The topological polar surface area (TPSA) is 51.5 Å². The van der Waals surface area contributed by atoms with Crippen molar-refractivity contribution in [3.63, 3.8) is 0 Å². The number of benzene rings is 2. The van der Waals surface area contributed by atoms with Crippen molar-refractivity contribution in [2.45, 2.75) is 76.6 Å². The van der Waals surface area contributed by atoms with Crippen LogP contribution >= 0.6 is 0 Å². The van der Waals surface area contributed by atoms with Crippen LogP contribution in [0.2, 0.25) is 0 Å². The molecule has 1 aromatic heterocycles. The standard InChI is InChI=1S/C27H28F3NO3/c1-16-22-14-20(7-9-24(22)31-11-10-19(26(16)31)13-25(32)33)34-15-17-6-8-21(18-4-2-3-5-18)23(12-17)27(28,29)30/h6-9,12,14,18-19H,2-5,10-11,13,15H2,1H3,(H,32,33)/t19-/m1/s1. The molecule has 0 radical (unpaired) electrons. The number of carboxylic acids is 1. The quantitative estimate of drug-likeness (QED) is 0.415. The summed E-state index contributed by atoms with van der Waals surface area (Å²) in [4.78, 5) is 11.2. The molecule has 0 bridgehead atoms. The van der Waals surface area contributed by atoms with Gasteiger partial charge < -0.3 is 14.4 Å². The minimum atomic E-state index is -4.39. The van der Waals surface area contributed by atoms with Gasteiger partial charge in [0.25, 0.3) is 0 Å². The van der Waals surface area contributed by atoms with Crippen molar-refractivity contribution in [3.8, 4) is 5.75 Å². The minimum Gasteiger partial charge on any atom is -0.489 e. The first-order chi connectivity index (χ1) is 16.2. The molecule has 1 fully saturated rings. The van der Waals surface area contributed by atoms with Crippen molar-refractivity contribution in [1.82, 2.24) is 4.57 Å². The first-order valence-corrected chi connectivity index (χ1v) is 11.9. The second-order valence-electron chi connectivity index (χ2n) is 9.61. The zero-order valence-corrected chi connectivity index (χ0v) is 19.1. The molecule has 0 amide bonds. The Kier molecular flexibility index (Phi) is 5.82.